The number of sulfonamides is 1. The van der Waals surface area contributed by atoms with Crippen molar-refractivity contribution in [2.24, 2.45) is 16.2 Å². The zero-order chi connectivity index (χ0) is 16.0. The molecule has 7 heteroatoms. The molecule has 3 aliphatic rings. The van der Waals surface area contributed by atoms with Crippen LogP contribution in [-0.4, -0.2) is 38.2 Å². The van der Waals surface area contributed by atoms with E-state index in [2.05, 4.69) is 9.71 Å². The van der Waals surface area contributed by atoms with Crippen LogP contribution in [-0.2, 0) is 14.8 Å². The summed E-state index contributed by atoms with van der Waals surface area (Å²) >= 11 is 0. The third kappa shape index (κ3) is 2.73. The zero-order valence-electron chi connectivity index (χ0n) is 12.7. The highest BCUT2D eigenvalue weighted by molar-refractivity contribution is 7.90. The second-order valence-electron chi connectivity index (χ2n) is 6.47. The molecule has 0 bridgehead atoms. The fourth-order valence-corrected chi connectivity index (χ4v) is 4.50. The minimum atomic E-state index is -3.66. The Morgan fingerprint density at radius 2 is 2.00 bits per heavy atom. The zero-order valence-corrected chi connectivity index (χ0v) is 13.6. The second-order valence-corrected chi connectivity index (χ2v) is 8.04. The van der Waals surface area contributed by atoms with E-state index in [-0.39, 0.29) is 22.6 Å². The van der Waals surface area contributed by atoms with Gasteiger partial charge in [0.2, 0.25) is 5.91 Å². The topological polar surface area (TPSA) is 78.8 Å². The van der Waals surface area contributed by atoms with Crippen molar-refractivity contribution in [3.05, 3.63) is 24.3 Å². The Kier molecular flexibility index (Phi) is 3.41. The summed E-state index contributed by atoms with van der Waals surface area (Å²) < 4.78 is 28.7. The molecule has 4 rings (SSSR count). The van der Waals surface area contributed by atoms with Gasteiger partial charge in [0.05, 0.1) is 5.69 Å². The predicted octanol–water partition coefficient (Wildman–Crippen LogP) is 1.85. The van der Waals surface area contributed by atoms with Crippen molar-refractivity contribution in [3.8, 4) is 0 Å². The standard InChI is InChI=1S/C16H19N3O3S/c20-16(11-7-8-11)19-9-3-4-12(10-19)15-17-13-5-1-2-6-14(13)23(21,22)18-15/h1-2,5-6,11-12H,3-4,7-10H2,(H,17,18)/t12-/m0/s1. The van der Waals surface area contributed by atoms with Crippen molar-refractivity contribution >= 4 is 27.5 Å². The Morgan fingerprint density at radius 1 is 1.22 bits per heavy atom. The molecule has 122 valence electrons. The lowest BCUT2D eigenvalue weighted by Crippen LogP contribution is -2.45. The summed E-state index contributed by atoms with van der Waals surface area (Å²) in [7, 11) is -3.66. The van der Waals surface area contributed by atoms with Gasteiger partial charge < -0.3 is 10.2 Å². The highest BCUT2D eigenvalue weighted by Crippen LogP contribution is 2.34. The molecular weight excluding hydrogens is 314 g/mol. The van der Waals surface area contributed by atoms with Crippen LogP contribution >= 0.6 is 0 Å². The smallest absolute Gasteiger partial charge is 0.286 e. The molecule has 23 heavy (non-hydrogen) atoms. The van der Waals surface area contributed by atoms with Gasteiger partial charge in [-0.25, -0.2) is 0 Å². The molecule has 1 saturated carbocycles. The molecule has 1 amide bonds. The number of nitrogens with one attached hydrogen (secondary N) is 1. The number of amidine groups is 1. The number of nitrogens with zero attached hydrogens (tertiary/aromatic N) is 2. The lowest BCUT2D eigenvalue weighted by molar-refractivity contribution is -0.133. The lowest BCUT2D eigenvalue weighted by atomic mass is 9.96. The van der Waals surface area contributed by atoms with E-state index in [1.807, 2.05) is 4.90 Å². The first-order valence-electron chi connectivity index (χ1n) is 8.04. The van der Waals surface area contributed by atoms with E-state index in [1.165, 1.54) is 0 Å². The number of para-hydroxylation sites is 1. The average molecular weight is 333 g/mol. The van der Waals surface area contributed by atoms with E-state index < -0.39 is 10.0 Å². The third-order valence-electron chi connectivity index (χ3n) is 4.69. The van der Waals surface area contributed by atoms with Gasteiger partial charge in [-0.15, -0.1) is 4.40 Å². The number of benzene rings is 1. The van der Waals surface area contributed by atoms with Crippen molar-refractivity contribution in [1.82, 2.24) is 4.90 Å². The molecular formula is C16H19N3O3S. The van der Waals surface area contributed by atoms with Crippen LogP contribution in [0.3, 0.4) is 0 Å². The quantitative estimate of drug-likeness (QED) is 0.896. The molecule has 6 nitrogen and oxygen atoms in total. The Morgan fingerprint density at radius 3 is 2.78 bits per heavy atom. The van der Waals surface area contributed by atoms with Gasteiger partial charge in [-0.1, -0.05) is 12.1 Å². The maximum Gasteiger partial charge on any atom is 0.286 e. The van der Waals surface area contributed by atoms with Crippen molar-refractivity contribution in [1.29, 1.82) is 0 Å². The van der Waals surface area contributed by atoms with E-state index in [0.29, 0.717) is 18.1 Å². The minimum absolute atomic E-state index is 0.0467. The molecule has 1 atom stereocenters. The second kappa shape index (κ2) is 5.33. The molecule has 0 spiro atoms. The molecule has 2 aliphatic heterocycles. The maximum absolute atomic E-state index is 12.4. The Hall–Kier alpha value is -1.89. The van der Waals surface area contributed by atoms with Gasteiger partial charge >= 0.3 is 0 Å². The predicted molar refractivity (Wildman–Crippen MR) is 86.7 cm³/mol. The fraction of sp³-hybridized carbons (Fsp3) is 0.500. The van der Waals surface area contributed by atoms with Gasteiger partial charge in [0.25, 0.3) is 10.0 Å². The van der Waals surface area contributed by atoms with Crippen molar-refractivity contribution < 1.29 is 13.2 Å². The van der Waals surface area contributed by atoms with E-state index in [1.54, 1.807) is 24.3 Å². The molecule has 1 aromatic rings. The Bertz CT molecular complexity index is 784. The van der Waals surface area contributed by atoms with Gasteiger partial charge in [0, 0.05) is 24.9 Å². The first-order chi connectivity index (χ1) is 11.0. The first-order valence-corrected chi connectivity index (χ1v) is 9.48. The normalized spacial score (nSPS) is 26.0. The molecule has 0 radical (unpaired) electrons. The van der Waals surface area contributed by atoms with Gasteiger partial charge in [0.15, 0.2) is 0 Å². The highest BCUT2D eigenvalue weighted by atomic mass is 32.2. The highest BCUT2D eigenvalue weighted by Gasteiger charge is 2.37. The first kappa shape index (κ1) is 14.7. The largest absolute Gasteiger partial charge is 0.342 e. The molecule has 1 aliphatic carbocycles. The van der Waals surface area contributed by atoms with Gasteiger partial charge in [-0.2, -0.15) is 8.42 Å². The SMILES string of the molecule is O=C(C1CC1)N1CCC[C@H](C2=NS(=O)(=O)c3ccccc3N2)C1. The van der Waals surface area contributed by atoms with E-state index >= 15 is 0 Å². The van der Waals surface area contributed by atoms with Crippen molar-refractivity contribution in [2.75, 3.05) is 18.4 Å². The van der Waals surface area contributed by atoms with E-state index in [9.17, 15) is 13.2 Å². The maximum atomic E-state index is 12.4. The summed E-state index contributed by atoms with van der Waals surface area (Å²) in [6, 6.07) is 6.79. The molecule has 1 aromatic carbocycles. The summed E-state index contributed by atoms with van der Waals surface area (Å²) in [6.45, 7) is 1.32. The third-order valence-corrected chi connectivity index (χ3v) is 6.04. The van der Waals surface area contributed by atoms with Crippen LogP contribution < -0.4 is 5.32 Å². The number of rotatable bonds is 2. The minimum Gasteiger partial charge on any atom is -0.342 e. The summed E-state index contributed by atoms with van der Waals surface area (Å²) in [5.41, 5.74) is 0.572. The molecule has 2 fully saturated rings. The van der Waals surface area contributed by atoms with Crippen LogP contribution in [0.4, 0.5) is 5.69 Å². The molecule has 1 saturated heterocycles. The van der Waals surface area contributed by atoms with E-state index in [0.717, 1.165) is 32.2 Å². The Labute approximate surface area is 135 Å². The van der Waals surface area contributed by atoms with Crippen molar-refractivity contribution in [3.63, 3.8) is 0 Å². The van der Waals surface area contributed by atoms with E-state index in [4.69, 9.17) is 0 Å². The molecule has 1 N–H and O–H groups in total. The lowest BCUT2D eigenvalue weighted by Gasteiger charge is -2.34. The van der Waals surface area contributed by atoms with Crippen LogP contribution in [0.15, 0.2) is 33.6 Å². The van der Waals surface area contributed by atoms with Crippen LogP contribution in [0, 0.1) is 11.8 Å². The number of hydrogen-bond acceptors (Lipinski definition) is 4. The van der Waals surface area contributed by atoms with Crippen LogP contribution in [0.5, 0.6) is 0 Å². The number of carbonyl (C=O) groups excluding carboxylic acids is 1. The summed E-state index contributed by atoms with van der Waals surface area (Å²) in [4.78, 5) is 14.4. The van der Waals surface area contributed by atoms with Crippen LogP contribution in [0.25, 0.3) is 0 Å². The van der Waals surface area contributed by atoms with Gasteiger partial charge in [-0.05, 0) is 37.8 Å². The monoisotopic (exact) mass is 333 g/mol. The van der Waals surface area contributed by atoms with Crippen LogP contribution in [0.2, 0.25) is 0 Å². The number of fused-ring (bicyclic) bond motifs is 1. The molecule has 0 aromatic heterocycles. The summed E-state index contributed by atoms with van der Waals surface area (Å²) in [5.74, 6) is 0.834. The number of hydrogen-bond donors (Lipinski definition) is 1. The number of amides is 1. The fourth-order valence-electron chi connectivity index (χ4n) is 3.30. The summed E-state index contributed by atoms with van der Waals surface area (Å²) in [6.07, 6.45) is 3.70. The molecule has 2 heterocycles. The number of likely N-dealkylation sites (tertiary alicyclic amines) is 1. The number of piperidine rings is 1. The van der Waals surface area contributed by atoms with Crippen LogP contribution in [0.1, 0.15) is 25.7 Å². The average Bonchev–Trinajstić information content (AvgIpc) is 3.38. The molecule has 0 unspecified atom stereocenters. The summed E-state index contributed by atoms with van der Waals surface area (Å²) in [5, 5.41) is 3.16. The van der Waals surface area contributed by atoms with Gasteiger partial charge in [-0.3, -0.25) is 4.79 Å². The van der Waals surface area contributed by atoms with Crippen molar-refractivity contribution in [2.45, 2.75) is 30.6 Å². The number of carbonyl (C=O) groups is 1. The number of anilines is 1. The Balaban J connectivity index is 1.58. The van der Waals surface area contributed by atoms with Gasteiger partial charge in [0.1, 0.15) is 10.7 Å².